The molecule has 2 saturated heterocycles. The van der Waals surface area contributed by atoms with Crippen LogP contribution in [0.4, 0.5) is 5.69 Å². The van der Waals surface area contributed by atoms with Crippen molar-refractivity contribution in [2.24, 2.45) is 0 Å². The van der Waals surface area contributed by atoms with Crippen molar-refractivity contribution >= 4 is 24.0 Å². The van der Waals surface area contributed by atoms with Crippen molar-refractivity contribution in [1.29, 1.82) is 0 Å². The fourth-order valence-corrected chi connectivity index (χ4v) is 3.47. The van der Waals surface area contributed by atoms with Gasteiger partial charge in [-0.3, -0.25) is 14.9 Å². The molecule has 120 valence electrons. The molecule has 1 N–H and O–H groups in total. The number of nitro benzene ring substituents is 1. The van der Waals surface area contributed by atoms with Crippen LogP contribution in [0.5, 0.6) is 0 Å². The summed E-state index contributed by atoms with van der Waals surface area (Å²) in [6.45, 7) is 0. The smallest absolute Gasteiger partial charge is 0.270 e. The first-order valence-electron chi connectivity index (χ1n) is 7.32. The predicted octanol–water partition coefficient (Wildman–Crippen LogP) is 2.37. The van der Waals surface area contributed by atoms with Gasteiger partial charge in [-0.2, -0.15) is 0 Å². The molecule has 2 atom stereocenters. The Hall–Kier alpha value is -1.66. The molecule has 0 radical (unpaired) electrons. The maximum Gasteiger partial charge on any atom is 0.270 e. The van der Waals surface area contributed by atoms with Gasteiger partial charge in [-0.25, -0.2) is 0 Å². The molecular weight excluding hydrogens is 306 g/mol. The van der Waals surface area contributed by atoms with Crippen molar-refractivity contribution in [3.63, 3.8) is 0 Å². The molecular formula is C15H20ClN3O3. The summed E-state index contributed by atoms with van der Waals surface area (Å²) in [4.78, 5) is 24.6. The molecule has 1 amide bonds. The number of nitrogens with one attached hydrogen (secondary N) is 1. The highest BCUT2D eigenvalue weighted by Crippen LogP contribution is 2.30. The Labute approximate surface area is 135 Å². The highest BCUT2D eigenvalue weighted by atomic mass is 35.5. The second-order valence-electron chi connectivity index (χ2n) is 5.99. The number of halogens is 1. The highest BCUT2D eigenvalue weighted by molar-refractivity contribution is 5.94. The zero-order valence-corrected chi connectivity index (χ0v) is 13.2. The van der Waals surface area contributed by atoms with Crippen LogP contribution in [0.3, 0.4) is 0 Å². The van der Waals surface area contributed by atoms with E-state index in [1.54, 1.807) is 24.1 Å². The summed E-state index contributed by atoms with van der Waals surface area (Å²) in [5, 5.41) is 14.4. The van der Waals surface area contributed by atoms with E-state index in [1.165, 1.54) is 25.0 Å². The molecule has 7 heteroatoms. The van der Waals surface area contributed by atoms with Gasteiger partial charge in [0.1, 0.15) is 0 Å². The summed E-state index contributed by atoms with van der Waals surface area (Å²) in [7, 11) is 1.80. The monoisotopic (exact) mass is 325 g/mol. The number of carbonyl (C=O) groups is 1. The number of hydrogen-bond acceptors (Lipinski definition) is 4. The van der Waals surface area contributed by atoms with Crippen molar-refractivity contribution in [3.05, 3.63) is 39.9 Å². The average molecular weight is 326 g/mol. The quantitative estimate of drug-likeness (QED) is 0.684. The summed E-state index contributed by atoms with van der Waals surface area (Å²) in [5.74, 6) is -0.134. The van der Waals surface area contributed by atoms with E-state index in [9.17, 15) is 14.9 Å². The molecule has 0 saturated carbocycles. The van der Waals surface area contributed by atoms with Gasteiger partial charge < -0.3 is 10.2 Å². The first-order valence-corrected chi connectivity index (χ1v) is 7.32. The van der Waals surface area contributed by atoms with Gasteiger partial charge in [-0.15, -0.1) is 12.4 Å². The summed E-state index contributed by atoms with van der Waals surface area (Å²) in [6.07, 6.45) is 4.29. The number of rotatable bonds is 3. The van der Waals surface area contributed by atoms with Crippen LogP contribution >= 0.6 is 12.4 Å². The molecule has 1 aromatic rings. The number of nitro groups is 1. The van der Waals surface area contributed by atoms with Gasteiger partial charge in [0.25, 0.3) is 11.6 Å². The summed E-state index contributed by atoms with van der Waals surface area (Å²) >= 11 is 0. The number of carbonyl (C=O) groups excluding carboxylic acids is 1. The molecule has 2 heterocycles. The Morgan fingerprint density at radius 1 is 1.32 bits per heavy atom. The SMILES string of the molecule is CN(C(=O)c1cccc([N+](=O)[O-])c1)C1CC2CCC(C1)N2.Cl. The van der Waals surface area contributed by atoms with Crippen molar-refractivity contribution in [2.45, 2.75) is 43.8 Å². The third-order valence-electron chi connectivity index (χ3n) is 4.62. The summed E-state index contributed by atoms with van der Waals surface area (Å²) < 4.78 is 0. The van der Waals surface area contributed by atoms with Crippen molar-refractivity contribution in [1.82, 2.24) is 10.2 Å². The van der Waals surface area contributed by atoms with Gasteiger partial charge in [0, 0.05) is 42.9 Å². The van der Waals surface area contributed by atoms with E-state index in [0.29, 0.717) is 17.6 Å². The second-order valence-corrected chi connectivity index (χ2v) is 5.99. The van der Waals surface area contributed by atoms with Crippen molar-refractivity contribution in [3.8, 4) is 0 Å². The van der Waals surface area contributed by atoms with Crippen LogP contribution in [-0.2, 0) is 0 Å². The molecule has 2 aliphatic heterocycles. The molecule has 0 aromatic heterocycles. The summed E-state index contributed by atoms with van der Waals surface area (Å²) in [5.41, 5.74) is 0.345. The van der Waals surface area contributed by atoms with Gasteiger partial charge in [0.2, 0.25) is 0 Å². The standard InChI is InChI=1S/C15H19N3O3.ClH/c1-17(14-8-11-5-6-12(9-14)16-11)15(19)10-3-2-4-13(7-10)18(20)21;/h2-4,7,11-12,14,16H,5-6,8-9H2,1H3;1H. The maximum absolute atomic E-state index is 12.5. The number of hydrogen-bond donors (Lipinski definition) is 1. The molecule has 22 heavy (non-hydrogen) atoms. The minimum atomic E-state index is -0.471. The van der Waals surface area contributed by atoms with Gasteiger partial charge in [-0.1, -0.05) is 6.07 Å². The lowest BCUT2D eigenvalue weighted by atomic mass is 9.98. The predicted molar refractivity (Wildman–Crippen MR) is 85.4 cm³/mol. The van der Waals surface area contributed by atoms with E-state index in [-0.39, 0.29) is 30.0 Å². The highest BCUT2D eigenvalue weighted by Gasteiger charge is 2.36. The van der Waals surface area contributed by atoms with Crippen LogP contribution in [0.2, 0.25) is 0 Å². The van der Waals surface area contributed by atoms with Crippen LogP contribution in [0.1, 0.15) is 36.0 Å². The lowest BCUT2D eigenvalue weighted by molar-refractivity contribution is -0.384. The normalized spacial score (nSPS) is 26.1. The first-order chi connectivity index (χ1) is 10.0. The molecule has 3 rings (SSSR count). The van der Waals surface area contributed by atoms with Gasteiger partial charge >= 0.3 is 0 Å². The number of nitrogens with zero attached hydrogens (tertiary/aromatic N) is 2. The van der Waals surface area contributed by atoms with E-state index < -0.39 is 4.92 Å². The lowest BCUT2D eigenvalue weighted by Gasteiger charge is -2.35. The molecule has 0 aliphatic carbocycles. The van der Waals surface area contributed by atoms with Crippen LogP contribution in [-0.4, -0.2) is 40.9 Å². The number of fused-ring (bicyclic) bond motifs is 2. The summed E-state index contributed by atoms with van der Waals surface area (Å²) in [6, 6.07) is 7.20. The number of piperidine rings is 1. The Morgan fingerprint density at radius 3 is 2.55 bits per heavy atom. The van der Waals surface area contributed by atoms with E-state index in [4.69, 9.17) is 0 Å². The molecule has 2 fully saturated rings. The molecule has 0 spiro atoms. The number of amides is 1. The van der Waals surface area contributed by atoms with E-state index in [0.717, 1.165) is 12.8 Å². The Morgan fingerprint density at radius 2 is 1.95 bits per heavy atom. The fraction of sp³-hybridized carbons (Fsp3) is 0.533. The molecule has 2 aliphatic rings. The maximum atomic E-state index is 12.5. The largest absolute Gasteiger partial charge is 0.339 e. The zero-order chi connectivity index (χ0) is 15.0. The van der Waals surface area contributed by atoms with Gasteiger partial charge in [0.15, 0.2) is 0 Å². The number of non-ortho nitro benzene ring substituents is 1. The molecule has 2 bridgehead atoms. The number of benzene rings is 1. The Kier molecular flexibility index (Phi) is 5.03. The zero-order valence-electron chi connectivity index (χ0n) is 12.4. The van der Waals surface area contributed by atoms with E-state index >= 15 is 0 Å². The third kappa shape index (κ3) is 3.23. The second kappa shape index (κ2) is 6.62. The molecule has 1 aromatic carbocycles. The van der Waals surface area contributed by atoms with Gasteiger partial charge in [0.05, 0.1) is 4.92 Å². The minimum Gasteiger partial charge on any atom is -0.339 e. The van der Waals surface area contributed by atoms with E-state index in [1.807, 2.05) is 0 Å². The average Bonchev–Trinajstić information content (AvgIpc) is 2.84. The first kappa shape index (κ1) is 16.7. The molecule has 6 nitrogen and oxygen atoms in total. The van der Waals surface area contributed by atoms with Crippen LogP contribution in [0.25, 0.3) is 0 Å². The molecule has 2 unspecified atom stereocenters. The minimum absolute atomic E-state index is 0. The topological polar surface area (TPSA) is 75.5 Å². The van der Waals surface area contributed by atoms with Gasteiger partial charge in [-0.05, 0) is 31.7 Å². The van der Waals surface area contributed by atoms with Crippen LogP contribution in [0.15, 0.2) is 24.3 Å². The van der Waals surface area contributed by atoms with Crippen LogP contribution in [0, 0.1) is 10.1 Å². The third-order valence-corrected chi connectivity index (χ3v) is 4.62. The van der Waals surface area contributed by atoms with Crippen molar-refractivity contribution < 1.29 is 9.72 Å². The Balaban J connectivity index is 0.00000176. The Bertz CT molecular complexity index is 569. The van der Waals surface area contributed by atoms with Crippen LogP contribution < -0.4 is 5.32 Å². The van der Waals surface area contributed by atoms with Crippen molar-refractivity contribution in [2.75, 3.05) is 7.05 Å². The lowest BCUT2D eigenvalue weighted by Crippen LogP contribution is -2.48. The fourth-order valence-electron chi connectivity index (χ4n) is 3.47. The van der Waals surface area contributed by atoms with E-state index in [2.05, 4.69) is 5.32 Å².